The third-order valence-corrected chi connectivity index (χ3v) is 9.36. The molecule has 2 aromatic carbocycles. The summed E-state index contributed by atoms with van der Waals surface area (Å²) in [5, 5.41) is 1.44. The van der Waals surface area contributed by atoms with E-state index in [1.807, 2.05) is 0 Å². The van der Waals surface area contributed by atoms with Gasteiger partial charge in [-0.3, -0.25) is 0 Å². The summed E-state index contributed by atoms with van der Waals surface area (Å²) in [5.74, 6) is 2.14. The number of nitrogens with zero attached hydrogens (tertiary/aromatic N) is 1. The monoisotopic (exact) mass is 534 g/mol. The van der Waals surface area contributed by atoms with Crippen molar-refractivity contribution >= 4 is 26.8 Å². The van der Waals surface area contributed by atoms with Crippen molar-refractivity contribution in [1.29, 1.82) is 0 Å². The molecule has 2 fully saturated rings. The number of aromatic nitrogens is 1. The van der Waals surface area contributed by atoms with Gasteiger partial charge in [0.25, 0.3) is 0 Å². The van der Waals surface area contributed by atoms with Crippen LogP contribution in [0.1, 0.15) is 99.7 Å². The minimum atomic E-state index is 0.444. The molecule has 2 aliphatic carbocycles. The molecule has 0 saturated heterocycles. The maximum atomic E-state index is 6.17. The van der Waals surface area contributed by atoms with Crippen LogP contribution in [0, 0.1) is 18.8 Å². The molecule has 2 N–H and O–H groups in total. The van der Waals surface area contributed by atoms with Crippen LogP contribution in [-0.4, -0.2) is 10.6 Å². The molecule has 0 aliphatic heterocycles. The Morgan fingerprint density at radius 1 is 0.943 bits per heavy atom. The predicted molar refractivity (Wildman–Crippen MR) is 153 cm³/mol. The average molecular weight is 536 g/mol. The molecule has 188 valence electrons. The van der Waals surface area contributed by atoms with Gasteiger partial charge in [0.2, 0.25) is 0 Å². The maximum Gasteiger partial charge on any atom is 0.0484 e. The summed E-state index contributed by atoms with van der Waals surface area (Å²) in [6.07, 6.45) is 18.5. The van der Waals surface area contributed by atoms with E-state index in [9.17, 15) is 0 Å². The standard InChI is InChI=1S/C32H43BrN2/c1-23-7-5-11-26(19-23)29(12-6-10-24-13-16-28(34)17-14-24)31-22-35(21-25-8-3-2-4-9-25)32-18-15-27(33)20-30(31)32/h5,7,11,15,18-20,22,24-25,28-29H,2-4,6,8-10,12-14,16-17,21,34H2,1H3. The fraction of sp³-hybridized carbons (Fsp3) is 0.562. The van der Waals surface area contributed by atoms with Gasteiger partial charge < -0.3 is 10.3 Å². The molecule has 0 amide bonds. The lowest BCUT2D eigenvalue weighted by atomic mass is 9.81. The van der Waals surface area contributed by atoms with Crippen LogP contribution < -0.4 is 5.73 Å². The zero-order valence-electron chi connectivity index (χ0n) is 21.5. The van der Waals surface area contributed by atoms with E-state index in [2.05, 4.69) is 76.1 Å². The molecule has 5 rings (SSSR count). The molecule has 3 aromatic rings. The zero-order chi connectivity index (χ0) is 24.2. The van der Waals surface area contributed by atoms with E-state index in [1.165, 1.54) is 116 Å². The van der Waals surface area contributed by atoms with Crippen molar-refractivity contribution < 1.29 is 0 Å². The lowest BCUT2D eigenvalue weighted by molar-refractivity contribution is 0.302. The van der Waals surface area contributed by atoms with Gasteiger partial charge in [-0.05, 0) is 93.0 Å². The highest BCUT2D eigenvalue weighted by Gasteiger charge is 2.24. The zero-order valence-corrected chi connectivity index (χ0v) is 23.1. The summed E-state index contributed by atoms with van der Waals surface area (Å²) >= 11 is 3.78. The normalized spacial score (nSPS) is 22.5. The molecule has 0 radical (unpaired) electrons. The van der Waals surface area contributed by atoms with Gasteiger partial charge in [-0.1, -0.05) is 77.9 Å². The SMILES string of the molecule is Cc1cccc(C(CCCC2CCC(N)CC2)c2cn(CC3CCCCC3)c3ccc(Br)cc23)c1. The van der Waals surface area contributed by atoms with E-state index in [0.29, 0.717) is 12.0 Å². The molecule has 0 spiro atoms. The summed E-state index contributed by atoms with van der Waals surface area (Å²) in [5.41, 5.74) is 11.9. The second-order valence-electron chi connectivity index (χ2n) is 11.6. The van der Waals surface area contributed by atoms with Crippen LogP contribution in [0.3, 0.4) is 0 Å². The highest BCUT2D eigenvalue weighted by atomic mass is 79.9. The molecule has 0 bridgehead atoms. The van der Waals surface area contributed by atoms with Gasteiger partial charge >= 0.3 is 0 Å². The largest absolute Gasteiger partial charge is 0.347 e. The van der Waals surface area contributed by atoms with Crippen molar-refractivity contribution in [2.75, 3.05) is 0 Å². The first-order chi connectivity index (χ1) is 17.1. The second-order valence-corrected chi connectivity index (χ2v) is 12.5. The van der Waals surface area contributed by atoms with E-state index >= 15 is 0 Å². The van der Waals surface area contributed by atoms with Crippen LogP contribution in [0.15, 0.2) is 53.1 Å². The molecule has 1 atom stereocenters. The van der Waals surface area contributed by atoms with Crippen molar-refractivity contribution in [3.8, 4) is 0 Å². The molecule has 2 saturated carbocycles. The van der Waals surface area contributed by atoms with Crippen LogP contribution >= 0.6 is 15.9 Å². The van der Waals surface area contributed by atoms with Gasteiger partial charge in [0.1, 0.15) is 0 Å². The summed E-state index contributed by atoms with van der Waals surface area (Å²) < 4.78 is 3.78. The first-order valence-electron chi connectivity index (χ1n) is 14.2. The van der Waals surface area contributed by atoms with Crippen molar-refractivity contribution in [2.45, 2.75) is 102 Å². The van der Waals surface area contributed by atoms with Gasteiger partial charge in [-0.2, -0.15) is 0 Å². The summed E-state index contributed by atoms with van der Waals surface area (Å²) in [4.78, 5) is 0. The molecule has 2 nitrogen and oxygen atoms in total. The van der Waals surface area contributed by atoms with Gasteiger partial charge in [0.05, 0.1) is 0 Å². The molecule has 1 heterocycles. The van der Waals surface area contributed by atoms with E-state index in [4.69, 9.17) is 5.73 Å². The van der Waals surface area contributed by atoms with Crippen molar-refractivity contribution in [3.05, 3.63) is 69.8 Å². The minimum absolute atomic E-state index is 0.444. The van der Waals surface area contributed by atoms with Crippen LogP contribution in [0.5, 0.6) is 0 Å². The summed E-state index contributed by atoms with van der Waals surface area (Å²) in [6, 6.07) is 16.6. The first kappa shape index (κ1) is 25.1. The molecule has 35 heavy (non-hydrogen) atoms. The predicted octanol–water partition coefficient (Wildman–Crippen LogP) is 9.11. The van der Waals surface area contributed by atoms with Gasteiger partial charge in [0.15, 0.2) is 0 Å². The highest BCUT2D eigenvalue weighted by molar-refractivity contribution is 9.10. The fourth-order valence-electron chi connectivity index (χ4n) is 6.85. The van der Waals surface area contributed by atoms with Crippen molar-refractivity contribution in [3.63, 3.8) is 0 Å². The fourth-order valence-corrected chi connectivity index (χ4v) is 7.21. The average Bonchev–Trinajstić information content (AvgIpc) is 3.20. The molecular weight excluding hydrogens is 492 g/mol. The number of benzene rings is 2. The minimum Gasteiger partial charge on any atom is -0.347 e. The number of halogens is 1. The Labute approximate surface area is 220 Å². The van der Waals surface area contributed by atoms with Gasteiger partial charge in [-0.25, -0.2) is 0 Å². The topological polar surface area (TPSA) is 30.9 Å². The Bertz CT molecular complexity index is 1100. The van der Waals surface area contributed by atoms with Gasteiger partial charge in [-0.15, -0.1) is 0 Å². The first-order valence-corrected chi connectivity index (χ1v) is 15.0. The number of hydrogen-bond donors (Lipinski definition) is 1. The van der Waals surface area contributed by atoms with E-state index in [-0.39, 0.29) is 0 Å². The van der Waals surface area contributed by atoms with Crippen LogP contribution in [-0.2, 0) is 6.54 Å². The van der Waals surface area contributed by atoms with Crippen LogP contribution in [0.2, 0.25) is 0 Å². The second kappa shape index (κ2) is 11.6. The Kier molecular flexibility index (Phi) is 8.35. The molecule has 1 aromatic heterocycles. The third kappa shape index (κ3) is 6.23. The molecular formula is C32H43BrN2. The molecule has 3 heteroatoms. The molecule has 1 unspecified atom stereocenters. The quantitative estimate of drug-likeness (QED) is 0.306. The number of aryl methyl sites for hydroxylation is 1. The van der Waals surface area contributed by atoms with Crippen LogP contribution in [0.25, 0.3) is 10.9 Å². The van der Waals surface area contributed by atoms with Crippen LogP contribution in [0.4, 0.5) is 0 Å². The van der Waals surface area contributed by atoms with E-state index in [1.54, 1.807) is 0 Å². The van der Waals surface area contributed by atoms with Crippen molar-refractivity contribution in [1.82, 2.24) is 4.57 Å². The Morgan fingerprint density at radius 3 is 2.51 bits per heavy atom. The lowest BCUT2D eigenvalue weighted by Crippen LogP contribution is -2.26. The number of nitrogens with two attached hydrogens (primary N) is 1. The maximum absolute atomic E-state index is 6.17. The number of hydrogen-bond acceptors (Lipinski definition) is 1. The lowest BCUT2D eigenvalue weighted by Gasteiger charge is -2.26. The smallest absolute Gasteiger partial charge is 0.0484 e. The summed E-state index contributed by atoms with van der Waals surface area (Å²) in [6.45, 7) is 3.40. The molecule has 2 aliphatic rings. The van der Waals surface area contributed by atoms with E-state index < -0.39 is 0 Å². The van der Waals surface area contributed by atoms with Crippen molar-refractivity contribution in [2.24, 2.45) is 17.6 Å². The summed E-state index contributed by atoms with van der Waals surface area (Å²) in [7, 11) is 0. The number of fused-ring (bicyclic) bond motifs is 1. The van der Waals surface area contributed by atoms with E-state index in [0.717, 1.165) is 11.8 Å². The van der Waals surface area contributed by atoms with Gasteiger partial charge in [0, 0.05) is 40.1 Å². The number of rotatable bonds is 8. The Balaban J connectivity index is 1.44. The Hall–Kier alpha value is -1.58. The Morgan fingerprint density at radius 2 is 1.74 bits per heavy atom. The highest BCUT2D eigenvalue weighted by Crippen LogP contribution is 2.39. The third-order valence-electron chi connectivity index (χ3n) is 8.87.